The van der Waals surface area contributed by atoms with Crippen LogP contribution in [-0.4, -0.2) is 10.2 Å². The maximum Gasteiger partial charge on any atom is 2.00 e. The first-order valence-electron chi connectivity index (χ1n) is 1.82. The van der Waals surface area contributed by atoms with Gasteiger partial charge in [0.2, 0.25) is 0 Å². The Bertz CT molecular complexity index is 135. The molecule has 0 aromatic rings. The van der Waals surface area contributed by atoms with Crippen molar-refractivity contribution in [2.45, 2.75) is 6.92 Å². The summed E-state index contributed by atoms with van der Waals surface area (Å²) in [5.74, 6) is 0. The van der Waals surface area contributed by atoms with E-state index in [9.17, 15) is 0 Å². The van der Waals surface area contributed by atoms with Gasteiger partial charge in [-0.25, -0.2) is 0 Å². The molecule has 0 spiro atoms. The van der Waals surface area contributed by atoms with Crippen LogP contribution in [0, 0.1) is 42.0 Å². The molecule has 0 fully saturated rings. The van der Waals surface area contributed by atoms with E-state index in [1.807, 2.05) is 0 Å². The second kappa shape index (κ2) is 31.3. The summed E-state index contributed by atoms with van der Waals surface area (Å²) in [7, 11) is 0. The number of hydrogen-bond donors (Lipinski definition) is 1. The molecular weight excluding hydrogens is 371 g/mol. The fourth-order valence-corrected chi connectivity index (χ4v) is 0. The van der Waals surface area contributed by atoms with Crippen LogP contribution >= 0.6 is 0 Å². The molecule has 0 heterocycles. The third-order valence-corrected chi connectivity index (χ3v) is 0. The van der Waals surface area contributed by atoms with E-state index in [0.717, 1.165) is 0 Å². The van der Waals surface area contributed by atoms with Crippen LogP contribution in [0.4, 0.5) is 0 Å². The Morgan fingerprint density at radius 1 is 1.08 bits per heavy atom. The van der Waals surface area contributed by atoms with E-state index in [0.29, 0.717) is 0 Å². The Labute approximate surface area is 86.8 Å². The van der Waals surface area contributed by atoms with Crippen LogP contribution < -0.4 is 6.15 Å². The maximum atomic E-state index is 8.25. The van der Waals surface area contributed by atoms with Crippen molar-refractivity contribution in [2.24, 2.45) is 0 Å². The molecule has 0 aliphatic carbocycles. The van der Waals surface area contributed by atoms with Gasteiger partial charge in [0.15, 0.2) is 0 Å². The third-order valence-electron chi connectivity index (χ3n) is 0. The molecule has 0 saturated carbocycles. The van der Waals surface area contributed by atoms with Crippen molar-refractivity contribution in [1.29, 1.82) is 5.26 Å². The second-order valence-electron chi connectivity index (χ2n) is 0.671. The van der Waals surface area contributed by atoms with Crippen molar-refractivity contribution in [3.8, 4) is 6.07 Å². The van der Waals surface area contributed by atoms with Crippen molar-refractivity contribution < 1.29 is 31.2 Å². The van der Waals surface area contributed by atoms with Gasteiger partial charge in [-0.05, 0) is 0 Å². The average Bonchev–Trinajstić information content (AvgIpc) is 1.60. The Hall–Kier alpha value is -1.46. The van der Waals surface area contributed by atoms with E-state index in [1.54, 1.807) is 6.07 Å². The van der Waals surface area contributed by atoms with Crippen molar-refractivity contribution in [3.63, 3.8) is 0 Å². The van der Waals surface area contributed by atoms with Gasteiger partial charge in [0.1, 0.15) is 0 Å². The van der Waals surface area contributed by atoms with Gasteiger partial charge in [0, 0.05) is 6.92 Å². The first-order chi connectivity index (χ1) is 4.88. The molecule has 0 atom stereocenters. The molecule has 0 bridgehead atoms. The normalized spacial score (nSPS) is 4.31. The van der Waals surface area contributed by atoms with E-state index >= 15 is 0 Å². The molecule has 0 saturated heterocycles. The van der Waals surface area contributed by atoms with Crippen LogP contribution in [0.15, 0.2) is 0 Å². The van der Waals surface area contributed by atoms with E-state index in [4.69, 9.17) is 35.9 Å². The van der Waals surface area contributed by atoms with Gasteiger partial charge in [0.25, 0.3) is 0 Å². The molecule has 0 aliphatic heterocycles. The molecule has 3 N–H and O–H groups in total. The summed E-state index contributed by atoms with van der Waals surface area (Å²) >= 11 is 0. The number of hydrogen-bond acceptors (Lipinski definition) is 8. The molecule has 10 nitrogen and oxygen atoms in total. The fraction of sp³-hybridized carbons (Fsp3) is 0.500. The summed E-state index contributed by atoms with van der Waals surface area (Å²) in [5.41, 5.74) is 0. The average molecular weight is 377 g/mol. The number of rotatable bonds is 0. The number of nitrogens with zero attached hydrogens (tertiary/aromatic N) is 3. The van der Waals surface area contributed by atoms with Crippen LogP contribution in [0.5, 0.6) is 0 Å². The van der Waals surface area contributed by atoms with Gasteiger partial charge in [0.05, 0.1) is 16.2 Å². The summed E-state index contributed by atoms with van der Waals surface area (Å²) < 4.78 is 0. The molecule has 0 unspecified atom stereocenters. The predicted molar refractivity (Wildman–Crippen MR) is 37.0 cm³/mol. The first-order valence-corrected chi connectivity index (χ1v) is 1.82. The molecule has 0 aromatic heterocycles. The van der Waals surface area contributed by atoms with Gasteiger partial charge < -0.3 is 36.8 Å². The topological polar surface area (TPSA) is 191 Å². The molecule has 80 valence electrons. The Morgan fingerprint density at radius 3 is 1.08 bits per heavy atom. The Kier molecular flexibility index (Phi) is 72.1. The standard InChI is InChI=1S/C2H3N.2NO3.H3N.Pt/c1-2-3;2*2-1(3)4;;/h1H3;;;1H3;/q;2*-1;;+2. The Balaban J connectivity index is -0.0000000231. The summed E-state index contributed by atoms with van der Waals surface area (Å²) in [6.07, 6.45) is 0. The van der Waals surface area contributed by atoms with Gasteiger partial charge in [-0.15, -0.1) is 0 Å². The summed E-state index contributed by atoms with van der Waals surface area (Å²) in [6, 6.07) is 1.75. The minimum atomic E-state index is -1.75. The van der Waals surface area contributed by atoms with Crippen LogP contribution in [0.3, 0.4) is 0 Å². The molecule has 0 rings (SSSR count). The van der Waals surface area contributed by atoms with Crippen LogP contribution in [0.1, 0.15) is 6.92 Å². The molecule has 11 heteroatoms. The first kappa shape index (κ1) is 30.0. The van der Waals surface area contributed by atoms with Gasteiger partial charge in [-0.1, -0.05) is 0 Å². The van der Waals surface area contributed by atoms with E-state index in [1.165, 1.54) is 6.92 Å². The van der Waals surface area contributed by atoms with Crippen molar-refractivity contribution >= 4 is 0 Å². The third kappa shape index (κ3) is 360. The smallest absolute Gasteiger partial charge is 0.356 e. The van der Waals surface area contributed by atoms with Crippen molar-refractivity contribution in [2.75, 3.05) is 0 Å². The Morgan fingerprint density at radius 2 is 1.08 bits per heavy atom. The zero-order valence-corrected chi connectivity index (χ0v) is 8.59. The van der Waals surface area contributed by atoms with Gasteiger partial charge in [-0.2, -0.15) is 5.26 Å². The maximum absolute atomic E-state index is 8.25. The fourth-order valence-electron chi connectivity index (χ4n) is 0. The SMILES string of the molecule is CC#N.N.O=[N+]([O-])[O-].O=[N+]([O-])[O-].[Pt+2]. The van der Waals surface area contributed by atoms with Crippen LogP contribution in [0.25, 0.3) is 0 Å². The van der Waals surface area contributed by atoms with Gasteiger partial charge >= 0.3 is 21.1 Å². The zero-order valence-electron chi connectivity index (χ0n) is 6.31. The predicted octanol–water partition coefficient (Wildman–Crippen LogP) is 0.211. The van der Waals surface area contributed by atoms with Crippen molar-refractivity contribution in [3.05, 3.63) is 30.6 Å². The summed E-state index contributed by atoms with van der Waals surface area (Å²) in [4.78, 5) is 16.5. The minimum absolute atomic E-state index is 0. The minimum Gasteiger partial charge on any atom is -0.356 e. The molecule has 0 aliphatic rings. The molecule has 0 radical (unpaired) electrons. The molecule has 13 heavy (non-hydrogen) atoms. The quantitative estimate of drug-likeness (QED) is 0.457. The van der Waals surface area contributed by atoms with E-state index in [-0.39, 0.29) is 27.2 Å². The molecular formula is C2H6N4O6Pt. The van der Waals surface area contributed by atoms with E-state index in [2.05, 4.69) is 0 Å². The monoisotopic (exact) mass is 377 g/mol. The molecule has 0 aromatic carbocycles. The van der Waals surface area contributed by atoms with E-state index < -0.39 is 10.2 Å². The molecule has 0 amide bonds. The zero-order chi connectivity index (χ0) is 9.86. The number of nitriles is 1. The summed E-state index contributed by atoms with van der Waals surface area (Å²) in [6.45, 7) is 1.43. The van der Waals surface area contributed by atoms with Crippen LogP contribution in [0.2, 0.25) is 0 Å². The largest absolute Gasteiger partial charge is 2.00 e. The second-order valence-corrected chi connectivity index (χ2v) is 0.671. The summed E-state index contributed by atoms with van der Waals surface area (Å²) in [5, 5.41) is 36.8. The van der Waals surface area contributed by atoms with Crippen LogP contribution in [-0.2, 0) is 21.1 Å². The van der Waals surface area contributed by atoms with Gasteiger partial charge in [-0.3, -0.25) is 0 Å². The van der Waals surface area contributed by atoms with Crippen molar-refractivity contribution in [1.82, 2.24) is 6.15 Å².